The number of nitrogens with zero attached hydrogens (tertiary/aromatic N) is 4. The molecule has 3 heterocycles. The maximum Gasteiger partial charge on any atom is 0.226 e. The second kappa shape index (κ2) is 5.98. The van der Waals surface area contributed by atoms with E-state index in [4.69, 9.17) is 11.6 Å². The van der Waals surface area contributed by atoms with Gasteiger partial charge in [-0.2, -0.15) is 21.7 Å². The summed E-state index contributed by atoms with van der Waals surface area (Å²) in [6.07, 6.45) is 1.61. The second-order valence-electron chi connectivity index (χ2n) is 5.71. The first-order valence-corrected chi connectivity index (χ1v) is 8.53. The molecule has 21 heavy (non-hydrogen) atoms. The molecule has 0 atom stereocenters. The van der Waals surface area contributed by atoms with Crippen molar-refractivity contribution in [1.82, 2.24) is 24.8 Å². The van der Waals surface area contributed by atoms with E-state index in [2.05, 4.69) is 44.0 Å². The number of aromatic amines is 1. The van der Waals surface area contributed by atoms with Gasteiger partial charge in [0, 0.05) is 36.7 Å². The van der Waals surface area contributed by atoms with Gasteiger partial charge in [-0.3, -0.25) is 4.90 Å². The molecule has 0 unspecified atom stereocenters. The molecule has 6 nitrogen and oxygen atoms in total. The Balaban J connectivity index is 1.74. The van der Waals surface area contributed by atoms with E-state index in [1.54, 1.807) is 6.33 Å². The monoisotopic (exact) mass is 326 g/mol. The Hall–Kier alpha value is -1.05. The largest absolute Gasteiger partial charge is 0.366 e. The van der Waals surface area contributed by atoms with Gasteiger partial charge >= 0.3 is 0 Å². The number of imidazole rings is 1. The first-order valence-electron chi connectivity index (χ1n) is 6.99. The smallest absolute Gasteiger partial charge is 0.226 e. The number of thioether (sulfide) groups is 1. The van der Waals surface area contributed by atoms with E-state index in [9.17, 15) is 0 Å². The summed E-state index contributed by atoms with van der Waals surface area (Å²) < 4.78 is 0. The number of H-pyrrole nitrogens is 1. The fourth-order valence-electron chi connectivity index (χ4n) is 2.52. The van der Waals surface area contributed by atoms with Gasteiger partial charge in [0.15, 0.2) is 11.5 Å². The number of nitrogens with one attached hydrogen (secondary N) is 2. The Morgan fingerprint density at radius 2 is 2.14 bits per heavy atom. The highest BCUT2D eigenvalue weighted by atomic mass is 35.5. The third-order valence-electron chi connectivity index (χ3n) is 3.81. The van der Waals surface area contributed by atoms with E-state index >= 15 is 0 Å². The number of anilines is 1. The van der Waals surface area contributed by atoms with Gasteiger partial charge < -0.3 is 10.3 Å². The maximum absolute atomic E-state index is 5.95. The lowest BCUT2D eigenvalue weighted by Gasteiger charge is -2.41. The van der Waals surface area contributed by atoms with Crippen LogP contribution in [0.15, 0.2) is 6.33 Å². The van der Waals surface area contributed by atoms with Crippen molar-refractivity contribution in [3.63, 3.8) is 0 Å². The Labute approximate surface area is 133 Å². The van der Waals surface area contributed by atoms with E-state index in [0.29, 0.717) is 11.5 Å². The molecule has 0 bridgehead atoms. The highest BCUT2D eigenvalue weighted by molar-refractivity contribution is 7.99. The Kier molecular flexibility index (Phi) is 4.24. The molecule has 0 aromatic carbocycles. The molecular formula is C13H19ClN6S. The van der Waals surface area contributed by atoms with E-state index in [-0.39, 0.29) is 10.8 Å². The number of hydrogen-bond acceptors (Lipinski definition) is 6. The number of hydrogen-bond donors (Lipinski definition) is 2. The van der Waals surface area contributed by atoms with Crippen molar-refractivity contribution >= 4 is 40.3 Å². The predicted octanol–water partition coefficient (Wildman–Crippen LogP) is 2.25. The van der Waals surface area contributed by atoms with Crippen LogP contribution >= 0.6 is 23.4 Å². The van der Waals surface area contributed by atoms with Crippen molar-refractivity contribution in [2.24, 2.45) is 0 Å². The van der Waals surface area contributed by atoms with Gasteiger partial charge in [0.25, 0.3) is 0 Å². The number of aromatic nitrogens is 4. The lowest BCUT2D eigenvalue weighted by atomic mass is 10.0. The molecule has 0 amide bonds. The van der Waals surface area contributed by atoms with Crippen LogP contribution in [-0.2, 0) is 0 Å². The van der Waals surface area contributed by atoms with Crippen molar-refractivity contribution < 1.29 is 0 Å². The summed E-state index contributed by atoms with van der Waals surface area (Å²) >= 11 is 7.97. The zero-order valence-corrected chi connectivity index (χ0v) is 13.8. The van der Waals surface area contributed by atoms with Crippen molar-refractivity contribution in [3.05, 3.63) is 11.6 Å². The summed E-state index contributed by atoms with van der Waals surface area (Å²) in [5.41, 5.74) is 1.44. The molecule has 0 spiro atoms. The van der Waals surface area contributed by atoms with Crippen LogP contribution in [0, 0.1) is 0 Å². The normalized spacial score (nSPS) is 17.3. The third kappa shape index (κ3) is 3.25. The Bertz CT molecular complexity index is 622. The molecule has 1 fully saturated rings. The van der Waals surface area contributed by atoms with Crippen molar-refractivity contribution in [3.8, 4) is 0 Å². The molecule has 2 N–H and O–H groups in total. The summed E-state index contributed by atoms with van der Waals surface area (Å²) in [5, 5.41) is 3.61. The molecule has 2 aromatic rings. The van der Waals surface area contributed by atoms with Crippen molar-refractivity contribution in [2.45, 2.75) is 19.4 Å². The predicted molar refractivity (Wildman–Crippen MR) is 88.2 cm³/mol. The number of fused-ring (bicyclic) bond motifs is 1. The second-order valence-corrected chi connectivity index (χ2v) is 7.27. The van der Waals surface area contributed by atoms with Crippen LogP contribution in [0.3, 0.4) is 0 Å². The van der Waals surface area contributed by atoms with Crippen molar-refractivity contribution in [2.75, 3.05) is 36.5 Å². The highest BCUT2D eigenvalue weighted by Crippen LogP contribution is 2.23. The zero-order valence-electron chi connectivity index (χ0n) is 12.2. The average Bonchev–Trinajstić information content (AvgIpc) is 2.94. The quantitative estimate of drug-likeness (QED) is 0.840. The zero-order chi connectivity index (χ0) is 14.9. The van der Waals surface area contributed by atoms with Crippen LogP contribution in [0.2, 0.25) is 5.28 Å². The fourth-order valence-corrected chi connectivity index (χ4v) is 3.58. The number of rotatable bonds is 4. The topological polar surface area (TPSA) is 69.7 Å². The highest BCUT2D eigenvalue weighted by Gasteiger charge is 2.28. The van der Waals surface area contributed by atoms with Crippen LogP contribution in [0.4, 0.5) is 5.82 Å². The van der Waals surface area contributed by atoms with E-state index in [1.807, 2.05) is 11.8 Å². The van der Waals surface area contributed by atoms with Crippen LogP contribution in [-0.4, -0.2) is 61.5 Å². The molecule has 0 saturated carbocycles. The summed E-state index contributed by atoms with van der Waals surface area (Å²) in [7, 11) is 0. The summed E-state index contributed by atoms with van der Waals surface area (Å²) in [4.78, 5) is 18.1. The van der Waals surface area contributed by atoms with Crippen molar-refractivity contribution in [1.29, 1.82) is 0 Å². The van der Waals surface area contributed by atoms with Gasteiger partial charge in [-0.25, -0.2) is 4.98 Å². The molecule has 1 aliphatic rings. The van der Waals surface area contributed by atoms with Gasteiger partial charge in [0.2, 0.25) is 5.28 Å². The minimum Gasteiger partial charge on any atom is -0.366 e. The van der Waals surface area contributed by atoms with Gasteiger partial charge in [-0.1, -0.05) is 0 Å². The molecule has 1 aliphatic heterocycles. The number of halogens is 1. The standard InChI is InChI=1S/C13H19ClN6S/c1-13(2,20-3-5-21-6-4-20)7-15-10-9-11(17-8-16-9)19-12(14)18-10/h8H,3-7H2,1-2H3,(H2,15,16,17,18,19). The Morgan fingerprint density at radius 1 is 1.38 bits per heavy atom. The van der Waals surface area contributed by atoms with Crippen LogP contribution in [0.5, 0.6) is 0 Å². The van der Waals surface area contributed by atoms with Crippen LogP contribution in [0.25, 0.3) is 11.2 Å². The molecular weight excluding hydrogens is 308 g/mol. The molecule has 1 saturated heterocycles. The molecule has 114 valence electrons. The Morgan fingerprint density at radius 3 is 2.90 bits per heavy atom. The molecule has 2 aromatic heterocycles. The van der Waals surface area contributed by atoms with Gasteiger partial charge in [0.1, 0.15) is 5.52 Å². The minimum atomic E-state index is 0.0603. The van der Waals surface area contributed by atoms with Crippen LogP contribution < -0.4 is 5.32 Å². The van der Waals surface area contributed by atoms with Gasteiger partial charge in [0.05, 0.1) is 6.33 Å². The molecule has 0 radical (unpaired) electrons. The van der Waals surface area contributed by atoms with Gasteiger partial charge in [-0.15, -0.1) is 0 Å². The lowest BCUT2D eigenvalue weighted by Crippen LogP contribution is -2.52. The lowest BCUT2D eigenvalue weighted by molar-refractivity contribution is 0.146. The molecule has 8 heteroatoms. The first kappa shape index (κ1) is 14.9. The molecule has 3 rings (SSSR count). The van der Waals surface area contributed by atoms with Gasteiger partial charge in [-0.05, 0) is 25.4 Å². The third-order valence-corrected chi connectivity index (χ3v) is 4.93. The van der Waals surface area contributed by atoms with E-state index in [1.165, 1.54) is 11.5 Å². The summed E-state index contributed by atoms with van der Waals surface area (Å²) in [5.74, 6) is 3.11. The average molecular weight is 327 g/mol. The fraction of sp³-hybridized carbons (Fsp3) is 0.615. The van der Waals surface area contributed by atoms with E-state index in [0.717, 1.165) is 25.2 Å². The SMILES string of the molecule is CC(C)(CNc1nc(Cl)nc2nc[nH]c12)N1CCSCC1. The maximum atomic E-state index is 5.95. The molecule has 0 aliphatic carbocycles. The first-order chi connectivity index (χ1) is 10.1. The van der Waals surface area contributed by atoms with E-state index < -0.39 is 0 Å². The minimum absolute atomic E-state index is 0.0603. The summed E-state index contributed by atoms with van der Waals surface area (Å²) in [6, 6.07) is 0. The summed E-state index contributed by atoms with van der Waals surface area (Å²) in [6.45, 7) is 7.55. The van der Waals surface area contributed by atoms with Crippen LogP contribution in [0.1, 0.15) is 13.8 Å².